The number of methoxy groups -OCH3 is 1. The van der Waals surface area contributed by atoms with E-state index < -0.39 is 36.0 Å². The van der Waals surface area contributed by atoms with E-state index in [4.69, 9.17) is 53.1 Å². The molecule has 1 aromatic heterocycles. The summed E-state index contributed by atoms with van der Waals surface area (Å²) in [6.07, 6.45) is -0.144. The number of ether oxygens (including phenoxy) is 4. The van der Waals surface area contributed by atoms with Crippen LogP contribution in [-0.4, -0.2) is 53.5 Å². The summed E-state index contributed by atoms with van der Waals surface area (Å²) in [5.74, 6) is 0.120. The van der Waals surface area contributed by atoms with Crippen LogP contribution < -0.4 is 25.3 Å². The van der Waals surface area contributed by atoms with Gasteiger partial charge in [-0.25, -0.2) is 9.78 Å². The van der Waals surface area contributed by atoms with Gasteiger partial charge in [-0.1, -0.05) is 89.1 Å². The Morgan fingerprint density at radius 1 is 0.935 bits per heavy atom. The minimum atomic E-state index is -1.05. The van der Waals surface area contributed by atoms with Crippen molar-refractivity contribution in [2.75, 3.05) is 19.5 Å². The van der Waals surface area contributed by atoms with Crippen molar-refractivity contribution in [3.05, 3.63) is 157 Å². The summed E-state index contributed by atoms with van der Waals surface area (Å²) >= 11 is 13.2. The number of nitrogens with zero attached hydrogens (tertiary/aromatic N) is 3. The Hall–Kier alpha value is -6.59. The number of benzene rings is 5. The summed E-state index contributed by atoms with van der Waals surface area (Å²) in [4.78, 5) is 47.9. The fourth-order valence-corrected chi connectivity index (χ4v) is 8.60. The molecular weight excluding hydrogens is 850 g/mol. The van der Waals surface area contributed by atoms with Crippen molar-refractivity contribution in [1.82, 2.24) is 15.2 Å². The molecule has 1 unspecified atom stereocenters. The summed E-state index contributed by atoms with van der Waals surface area (Å²) in [5, 5.41) is 13.2. The van der Waals surface area contributed by atoms with Crippen LogP contribution in [0.4, 0.5) is 5.13 Å². The number of amides is 2. The molecule has 3 atom stereocenters. The fraction of sp³-hybridized carbons (Fsp3) is 0.213. The molecule has 12 nitrogen and oxygen atoms in total. The number of aryl methyl sites for hydroxylation is 1. The van der Waals surface area contributed by atoms with E-state index in [0.717, 1.165) is 50.3 Å². The lowest BCUT2D eigenvalue weighted by molar-refractivity contribution is -0.145. The van der Waals surface area contributed by atoms with E-state index in [0.29, 0.717) is 50.0 Å². The molecule has 5 aromatic carbocycles. The van der Waals surface area contributed by atoms with Gasteiger partial charge in [0.25, 0.3) is 5.91 Å². The largest absolute Gasteiger partial charge is 0.489 e. The number of nitrogens with one attached hydrogen (secondary N) is 1. The van der Waals surface area contributed by atoms with Crippen molar-refractivity contribution < 1.29 is 33.3 Å². The fourth-order valence-electron chi connectivity index (χ4n) is 7.49. The Kier molecular flexibility index (Phi) is 12.3. The Morgan fingerprint density at radius 2 is 1.63 bits per heavy atom. The highest BCUT2D eigenvalue weighted by molar-refractivity contribution is 7.17. The number of nitriles is 1. The van der Waals surface area contributed by atoms with Gasteiger partial charge in [-0.15, -0.1) is 0 Å². The molecule has 0 spiro atoms. The predicted molar refractivity (Wildman–Crippen MR) is 235 cm³/mol. The van der Waals surface area contributed by atoms with Crippen molar-refractivity contribution in [2.24, 2.45) is 0 Å². The van der Waals surface area contributed by atoms with E-state index in [1.165, 1.54) is 12.0 Å². The number of halogens is 2. The van der Waals surface area contributed by atoms with E-state index >= 15 is 0 Å². The smallest absolute Gasteiger partial charge is 0.328 e. The molecule has 2 aliphatic rings. The molecule has 0 fully saturated rings. The number of nitrogen functional groups attached to an aromatic ring is 1. The van der Waals surface area contributed by atoms with Gasteiger partial charge >= 0.3 is 5.97 Å². The molecule has 0 radical (unpaired) electrons. The van der Waals surface area contributed by atoms with E-state index in [9.17, 15) is 14.4 Å². The first-order chi connectivity index (χ1) is 30.0. The van der Waals surface area contributed by atoms with Gasteiger partial charge in [0, 0.05) is 19.4 Å². The second kappa shape index (κ2) is 18.2. The molecule has 0 saturated carbocycles. The number of hydrogen-bond donors (Lipinski definition) is 2. The maximum Gasteiger partial charge on any atom is 0.328 e. The monoisotopic (exact) mass is 887 g/mol. The van der Waals surface area contributed by atoms with Gasteiger partial charge in [0.2, 0.25) is 5.91 Å². The topological polar surface area (TPSA) is 166 Å². The quantitative estimate of drug-likeness (QED) is 0.121. The van der Waals surface area contributed by atoms with Crippen LogP contribution in [0.15, 0.2) is 103 Å². The van der Waals surface area contributed by atoms with Crippen LogP contribution in [0.25, 0.3) is 11.1 Å². The van der Waals surface area contributed by atoms with Crippen LogP contribution >= 0.6 is 34.5 Å². The van der Waals surface area contributed by atoms with Crippen LogP contribution in [-0.2, 0) is 40.3 Å². The SMILES string of the molecule is COC(=O)C(Cc1ccc(-c2ccc(C#N)cc2)cc1)NC(=O)[C@@H]1Cc2cc3c(cc2CN1C(=O)c1sc(N)nc1C)O[C@@H](c1ccc(OCc2ccc(Cl)c(Cl)c2)cc1)CO3. The Labute approximate surface area is 371 Å². The molecular formula is C47H39Cl2N5O7S. The molecule has 62 heavy (non-hydrogen) atoms. The molecule has 6 aromatic rings. The Bertz CT molecular complexity index is 2700. The zero-order valence-electron chi connectivity index (χ0n) is 33.5. The first-order valence-corrected chi connectivity index (χ1v) is 21.2. The van der Waals surface area contributed by atoms with Crippen molar-refractivity contribution in [3.8, 4) is 34.4 Å². The van der Waals surface area contributed by atoms with Gasteiger partial charge in [-0.05, 0) is 94.4 Å². The van der Waals surface area contributed by atoms with Gasteiger partial charge in [0.05, 0.1) is 34.5 Å². The lowest BCUT2D eigenvalue weighted by Crippen LogP contribution is -2.56. The predicted octanol–water partition coefficient (Wildman–Crippen LogP) is 8.44. The van der Waals surface area contributed by atoms with Crippen molar-refractivity contribution in [1.29, 1.82) is 5.26 Å². The molecule has 2 amide bonds. The highest BCUT2D eigenvalue weighted by Gasteiger charge is 2.39. The van der Waals surface area contributed by atoms with Crippen molar-refractivity contribution >= 4 is 57.5 Å². The number of anilines is 1. The average molecular weight is 889 g/mol. The van der Waals surface area contributed by atoms with Crippen LogP contribution in [0.3, 0.4) is 0 Å². The number of carbonyl (C=O) groups excluding carboxylic acids is 3. The Balaban J connectivity index is 0.996. The zero-order valence-corrected chi connectivity index (χ0v) is 35.9. The lowest BCUT2D eigenvalue weighted by Gasteiger charge is -2.37. The first-order valence-electron chi connectivity index (χ1n) is 19.6. The maximum atomic E-state index is 14.4. The third kappa shape index (κ3) is 9.18. The van der Waals surface area contributed by atoms with Crippen LogP contribution in [0.1, 0.15) is 54.9 Å². The number of hydrogen-bond acceptors (Lipinski definition) is 11. The lowest BCUT2D eigenvalue weighted by atomic mass is 9.91. The number of esters is 1. The van der Waals surface area contributed by atoms with E-state index in [1.54, 1.807) is 31.2 Å². The van der Waals surface area contributed by atoms with Gasteiger partial charge in [-0.3, -0.25) is 9.59 Å². The van der Waals surface area contributed by atoms with E-state index in [-0.39, 0.29) is 31.1 Å². The van der Waals surface area contributed by atoms with Crippen LogP contribution in [0.5, 0.6) is 17.2 Å². The maximum absolute atomic E-state index is 14.4. The van der Waals surface area contributed by atoms with E-state index in [1.807, 2.05) is 78.9 Å². The first kappa shape index (κ1) is 42.1. The molecule has 0 aliphatic carbocycles. The molecule has 2 aliphatic heterocycles. The second-order valence-corrected chi connectivity index (χ2v) is 16.7. The average Bonchev–Trinajstić information content (AvgIpc) is 3.64. The standard InChI is InChI=1S/C47H39Cl2N5O7S/c1-26-43(62-47(51)52-26)45(56)54-23-34-21-41-40(60-25-42(61-41)32-12-14-35(15-13-32)59-24-29-7-16-36(48)37(49)17-29)20-33(34)19-39(54)44(55)53-38(46(57)58-2)18-27-3-8-30(9-4-27)31-10-5-28(22-50)6-11-31/h3-17,20-21,38-39,42H,18-19,23-25H2,1-2H3,(H2,51,52)(H,53,55)/t38?,39-,42+/m0/s1. The summed E-state index contributed by atoms with van der Waals surface area (Å²) in [6.45, 7) is 2.32. The number of thiazole rings is 1. The Morgan fingerprint density at radius 3 is 2.29 bits per heavy atom. The van der Waals surface area contributed by atoms with Gasteiger partial charge in [-0.2, -0.15) is 5.26 Å². The highest BCUT2D eigenvalue weighted by atomic mass is 35.5. The van der Waals surface area contributed by atoms with Crippen molar-refractivity contribution in [2.45, 2.75) is 51.1 Å². The van der Waals surface area contributed by atoms with Crippen molar-refractivity contribution in [3.63, 3.8) is 0 Å². The molecule has 314 valence electrons. The second-order valence-electron chi connectivity index (χ2n) is 14.9. The third-order valence-electron chi connectivity index (χ3n) is 10.8. The van der Waals surface area contributed by atoms with Gasteiger partial charge < -0.3 is 34.9 Å². The van der Waals surface area contributed by atoms with Gasteiger partial charge in [0.15, 0.2) is 22.7 Å². The normalized spacial score (nSPS) is 15.8. The third-order valence-corrected chi connectivity index (χ3v) is 12.5. The van der Waals surface area contributed by atoms with Crippen LogP contribution in [0, 0.1) is 18.3 Å². The number of nitrogens with two attached hydrogens (primary N) is 1. The number of carbonyl (C=O) groups is 3. The molecule has 0 saturated heterocycles. The highest BCUT2D eigenvalue weighted by Crippen LogP contribution is 2.41. The van der Waals surface area contributed by atoms with E-state index in [2.05, 4.69) is 16.4 Å². The minimum Gasteiger partial charge on any atom is -0.489 e. The summed E-state index contributed by atoms with van der Waals surface area (Å²) in [6, 6.07) is 31.5. The minimum absolute atomic E-state index is 0.0649. The molecule has 8 rings (SSSR count). The summed E-state index contributed by atoms with van der Waals surface area (Å²) in [5.41, 5.74) is 13.0. The van der Waals surface area contributed by atoms with Crippen LogP contribution in [0.2, 0.25) is 10.0 Å². The molecule has 3 N–H and O–H groups in total. The summed E-state index contributed by atoms with van der Waals surface area (Å²) in [7, 11) is 1.26. The molecule has 0 bridgehead atoms. The van der Waals surface area contributed by atoms with Gasteiger partial charge in [0.1, 0.15) is 35.9 Å². The molecule has 15 heteroatoms. The number of rotatable bonds is 11. The number of fused-ring (bicyclic) bond motifs is 2. The number of aromatic nitrogens is 1. The molecule has 3 heterocycles. The summed E-state index contributed by atoms with van der Waals surface area (Å²) < 4.78 is 23.8. The zero-order chi connectivity index (χ0) is 43.5.